The minimum atomic E-state index is -0.934. The lowest BCUT2D eigenvalue weighted by atomic mass is 9.63. The highest BCUT2D eigenvalue weighted by molar-refractivity contribution is 6.68. The van der Waals surface area contributed by atoms with Crippen molar-refractivity contribution < 1.29 is 27.0 Å². The number of rotatable bonds is 4. The first-order valence-electron chi connectivity index (χ1n) is 6.00. The molecule has 0 amide bonds. The van der Waals surface area contributed by atoms with Gasteiger partial charge in [-0.3, -0.25) is 0 Å². The number of hydrogen-bond acceptors (Lipinski definition) is 2. The molecule has 0 unspecified atom stereocenters. The van der Waals surface area contributed by atoms with E-state index in [0.29, 0.717) is 6.07 Å². The maximum atomic E-state index is 14.1. The molecule has 2 aromatic carbocycles. The zero-order valence-corrected chi connectivity index (χ0v) is 11.3. The molecule has 0 radical (unpaired) electrons. The Morgan fingerprint density at radius 1 is 0.905 bits per heavy atom. The van der Waals surface area contributed by atoms with Crippen LogP contribution in [0.1, 0.15) is 0 Å². The zero-order valence-electron chi connectivity index (χ0n) is 11.3. The molecule has 0 spiro atoms. The molecule has 2 rings (SSSR count). The Kier molecular flexibility index (Phi) is 4.40. The molecule has 0 saturated carbocycles. The van der Waals surface area contributed by atoms with Crippen molar-refractivity contribution in [3.63, 3.8) is 0 Å². The molecule has 2 aromatic rings. The fraction of sp³-hybridized carbons (Fsp3) is 0.143. The summed E-state index contributed by atoms with van der Waals surface area (Å²) >= 11 is 0. The number of methoxy groups -OCH3 is 2. The van der Waals surface area contributed by atoms with E-state index in [0.717, 1.165) is 18.2 Å². The van der Waals surface area contributed by atoms with Gasteiger partial charge in [0.15, 0.2) is 17.4 Å². The van der Waals surface area contributed by atoms with E-state index in [1.165, 1.54) is 14.2 Å². The summed E-state index contributed by atoms with van der Waals surface area (Å²) in [5, 5.41) is 0. The molecule has 0 bridgehead atoms. The Labute approximate surface area is 119 Å². The molecular weight excluding hydrogens is 287 g/mol. The van der Waals surface area contributed by atoms with Crippen LogP contribution in [0.3, 0.4) is 0 Å². The largest absolute Gasteiger partial charge is 0.494 e. The predicted octanol–water partition coefficient (Wildman–Crippen LogP) is 1.65. The van der Waals surface area contributed by atoms with Gasteiger partial charge in [0.05, 0.1) is 14.2 Å². The van der Waals surface area contributed by atoms with Crippen LogP contribution in [0.15, 0.2) is 24.3 Å². The van der Waals surface area contributed by atoms with E-state index in [1.54, 1.807) is 0 Å². The molecule has 21 heavy (non-hydrogen) atoms. The summed E-state index contributed by atoms with van der Waals surface area (Å²) in [5.74, 6) is -3.94. The van der Waals surface area contributed by atoms with Crippen molar-refractivity contribution in [2.75, 3.05) is 14.2 Å². The highest BCUT2D eigenvalue weighted by Gasteiger charge is 2.20. The van der Waals surface area contributed by atoms with Crippen LogP contribution >= 0.6 is 0 Å². The Morgan fingerprint density at radius 2 is 1.62 bits per heavy atom. The summed E-state index contributed by atoms with van der Waals surface area (Å²) in [6.07, 6.45) is 0. The second-order valence-corrected chi connectivity index (χ2v) is 4.30. The molecule has 0 atom stereocenters. The third-order valence-corrected chi connectivity index (χ3v) is 3.03. The molecule has 0 N–H and O–H groups in total. The zero-order chi connectivity index (χ0) is 15.6. The SMILES string of the molecule is COc1ccc(F)c(Bc2cc(F)cc(F)c2OC)c1F. The maximum Gasteiger partial charge on any atom is 0.205 e. The second kappa shape index (κ2) is 6.07. The van der Waals surface area contributed by atoms with Crippen LogP contribution in [0.5, 0.6) is 11.5 Å². The van der Waals surface area contributed by atoms with Gasteiger partial charge in [-0.25, -0.2) is 17.6 Å². The third kappa shape index (κ3) is 2.96. The van der Waals surface area contributed by atoms with Gasteiger partial charge in [-0.05, 0) is 29.1 Å². The first kappa shape index (κ1) is 15.2. The van der Waals surface area contributed by atoms with Crippen LogP contribution in [-0.4, -0.2) is 21.5 Å². The van der Waals surface area contributed by atoms with Crippen LogP contribution in [0.2, 0.25) is 0 Å². The average molecular weight is 298 g/mol. The van der Waals surface area contributed by atoms with Gasteiger partial charge < -0.3 is 9.47 Å². The van der Waals surface area contributed by atoms with E-state index in [9.17, 15) is 17.6 Å². The Morgan fingerprint density at radius 3 is 2.24 bits per heavy atom. The van der Waals surface area contributed by atoms with Gasteiger partial charge in [0.25, 0.3) is 0 Å². The summed E-state index contributed by atoms with van der Waals surface area (Å²) in [7, 11) is 2.06. The van der Waals surface area contributed by atoms with E-state index in [-0.39, 0.29) is 29.7 Å². The van der Waals surface area contributed by atoms with Gasteiger partial charge in [-0.15, -0.1) is 0 Å². The second-order valence-electron chi connectivity index (χ2n) is 4.30. The van der Waals surface area contributed by atoms with Crippen molar-refractivity contribution in [3.8, 4) is 11.5 Å². The Balaban J connectivity index is 2.53. The summed E-state index contributed by atoms with van der Waals surface area (Å²) in [4.78, 5) is 0. The molecule has 0 aliphatic carbocycles. The van der Waals surface area contributed by atoms with E-state index in [2.05, 4.69) is 0 Å². The molecule has 0 aromatic heterocycles. The predicted molar refractivity (Wildman–Crippen MR) is 72.2 cm³/mol. The summed E-state index contributed by atoms with van der Waals surface area (Å²) in [6, 6.07) is 3.78. The van der Waals surface area contributed by atoms with Gasteiger partial charge >= 0.3 is 0 Å². The minimum absolute atomic E-state index is 0.000975. The summed E-state index contributed by atoms with van der Waals surface area (Å²) in [5.41, 5.74) is -0.348. The topological polar surface area (TPSA) is 18.5 Å². The molecule has 7 heteroatoms. The summed E-state index contributed by atoms with van der Waals surface area (Å²) < 4.78 is 64.3. The monoisotopic (exact) mass is 298 g/mol. The lowest BCUT2D eigenvalue weighted by Gasteiger charge is -2.11. The normalized spacial score (nSPS) is 10.4. The number of ether oxygens (including phenoxy) is 2. The van der Waals surface area contributed by atoms with Gasteiger partial charge in [0, 0.05) is 6.07 Å². The number of hydrogen-bond donors (Lipinski definition) is 0. The number of halogens is 4. The van der Waals surface area contributed by atoms with Gasteiger partial charge in [0.2, 0.25) is 7.28 Å². The van der Waals surface area contributed by atoms with Crippen molar-refractivity contribution in [3.05, 3.63) is 47.5 Å². The third-order valence-electron chi connectivity index (χ3n) is 3.03. The smallest absolute Gasteiger partial charge is 0.205 e. The molecule has 110 valence electrons. The van der Waals surface area contributed by atoms with Gasteiger partial charge in [-0.1, -0.05) is 0 Å². The van der Waals surface area contributed by atoms with Crippen LogP contribution in [0, 0.1) is 23.3 Å². The maximum absolute atomic E-state index is 14.1. The van der Waals surface area contributed by atoms with Gasteiger partial charge in [-0.2, -0.15) is 0 Å². The average Bonchev–Trinajstić information content (AvgIpc) is 2.43. The molecule has 0 saturated heterocycles. The van der Waals surface area contributed by atoms with E-state index in [1.807, 2.05) is 0 Å². The molecule has 0 fully saturated rings. The Hall–Kier alpha value is -2.18. The van der Waals surface area contributed by atoms with E-state index < -0.39 is 23.3 Å². The molecule has 0 aliphatic heterocycles. The van der Waals surface area contributed by atoms with Crippen molar-refractivity contribution in [1.82, 2.24) is 0 Å². The van der Waals surface area contributed by atoms with Crippen molar-refractivity contribution in [1.29, 1.82) is 0 Å². The van der Waals surface area contributed by atoms with Crippen LogP contribution < -0.4 is 20.4 Å². The van der Waals surface area contributed by atoms with Crippen molar-refractivity contribution in [2.24, 2.45) is 0 Å². The highest BCUT2D eigenvalue weighted by atomic mass is 19.1. The minimum Gasteiger partial charge on any atom is -0.494 e. The molecular formula is C14H11BF4O2. The first-order valence-corrected chi connectivity index (χ1v) is 6.00. The van der Waals surface area contributed by atoms with Crippen LogP contribution in [0.25, 0.3) is 0 Å². The molecule has 0 aliphatic rings. The van der Waals surface area contributed by atoms with E-state index in [4.69, 9.17) is 9.47 Å². The fourth-order valence-corrected chi connectivity index (χ4v) is 2.06. The molecule has 0 heterocycles. The number of benzene rings is 2. The standard InChI is InChI=1S/C14H11BF4O2/c1-20-11-4-3-9(17)12(13(11)19)15-8-5-7(16)6-10(18)14(8)21-2/h3-6,15H,1-2H3. The Bertz CT molecular complexity index is 677. The van der Waals surface area contributed by atoms with Crippen molar-refractivity contribution in [2.45, 2.75) is 0 Å². The highest BCUT2D eigenvalue weighted by Crippen LogP contribution is 2.17. The van der Waals surface area contributed by atoms with Crippen LogP contribution in [0.4, 0.5) is 17.6 Å². The summed E-state index contributed by atoms with van der Waals surface area (Å²) in [6.45, 7) is 0. The first-order chi connectivity index (χ1) is 9.97. The molecule has 2 nitrogen and oxygen atoms in total. The van der Waals surface area contributed by atoms with Crippen LogP contribution in [-0.2, 0) is 0 Å². The quantitative estimate of drug-likeness (QED) is 0.631. The fourth-order valence-electron chi connectivity index (χ4n) is 2.06. The van der Waals surface area contributed by atoms with Gasteiger partial charge in [0.1, 0.15) is 17.4 Å². The lowest BCUT2D eigenvalue weighted by Crippen LogP contribution is -2.34. The van der Waals surface area contributed by atoms with Crippen molar-refractivity contribution >= 4 is 18.2 Å². The van der Waals surface area contributed by atoms with E-state index >= 15 is 0 Å². The lowest BCUT2D eigenvalue weighted by molar-refractivity contribution is 0.386.